The average Bonchev–Trinajstić information content (AvgIpc) is 2.88. The van der Waals surface area contributed by atoms with Gasteiger partial charge >= 0.3 is 5.91 Å². The van der Waals surface area contributed by atoms with Gasteiger partial charge in [-0.2, -0.15) is 4.99 Å². The van der Waals surface area contributed by atoms with Crippen molar-refractivity contribution in [3.8, 4) is 0 Å². The molecular weight excluding hydrogens is 192 g/mol. The van der Waals surface area contributed by atoms with E-state index in [9.17, 15) is 4.79 Å². The Hall–Kier alpha value is -1.65. The number of rotatable bonds is 1. The number of aliphatic imine (C=N–C) groups is 4. The smallest absolute Gasteiger partial charge is 0.265 e. The van der Waals surface area contributed by atoms with E-state index >= 15 is 0 Å². The van der Waals surface area contributed by atoms with Crippen molar-refractivity contribution >= 4 is 29.6 Å². The molecule has 0 aromatic rings. The maximum absolute atomic E-state index is 11.6. The van der Waals surface area contributed by atoms with E-state index in [0.717, 1.165) is 12.8 Å². The Bertz CT molecular complexity index is 438. The average molecular weight is 202 g/mol. The number of hydrogen-bond donors (Lipinski definition) is 0. The summed E-state index contributed by atoms with van der Waals surface area (Å²) in [6.07, 6.45) is 5.93. The molecule has 5 nitrogen and oxygen atoms in total. The number of carbonyl (C=O) groups is 1. The molecule has 0 N–H and O–H groups in total. The van der Waals surface area contributed by atoms with Gasteiger partial charge in [0.15, 0.2) is 11.5 Å². The van der Waals surface area contributed by atoms with Crippen LogP contribution in [0.25, 0.3) is 0 Å². The van der Waals surface area contributed by atoms with Crippen LogP contribution >= 0.6 is 0 Å². The minimum absolute atomic E-state index is 0.289. The van der Waals surface area contributed by atoms with Crippen LogP contribution in [0, 0.1) is 5.92 Å². The maximum Gasteiger partial charge on any atom is 0.301 e. The fraction of sp³-hybridized carbons (Fsp3) is 0.500. The van der Waals surface area contributed by atoms with E-state index in [1.54, 1.807) is 0 Å². The van der Waals surface area contributed by atoms with Gasteiger partial charge in [0.05, 0.1) is 0 Å². The topological polar surface area (TPSA) is 66.5 Å². The number of nitrogens with zero attached hydrogens (tertiary/aromatic N) is 4. The van der Waals surface area contributed by atoms with Crippen LogP contribution in [0.4, 0.5) is 0 Å². The third kappa shape index (κ3) is 1.35. The second kappa shape index (κ2) is 3.18. The van der Waals surface area contributed by atoms with Crippen molar-refractivity contribution in [3.63, 3.8) is 0 Å². The van der Waals surface area contributed by atoms with Gasteiger partial charge in [-0.15, -0.1) is 0 Å². The van der Waals surface area contributed by atoms with Crippen LogP contribution < -0.4 is 0 Å². The molecule has 3 rings (SSSR count). The molecule has 0 unspecified atom stereocenters. The van der Waals surface area contributed by atoms with Gasteiger partial charge in [0.2, 0.25) is 0 Å². The Morgan fingerprint density at radius 2 is 2.00 bits per heavy atom. The Morgan fingerprint density at radius 3 is 2.80 bits per heavy atom. The monoisotopic (exact) mass is 202 g/mol. The largest absolute Gasteiger partial charge is 0.301 e. The van der Waals surface area contributed by atoms with Gasteiger partial charge in [-0.25, -0.2) is 15.0 Å². The number of carbonyl (C=O) groups excluding carboxylic acids is 1. The lowest BCUT2D eigenvalue weighted by Crippen LogP contribution is -2.28. The van der Waals surface area contributed by atoms with Crippen molar-refractivity contribution in [1.29, 1.82) is 0 Å². The molecular formula is C10H10N4O. The highest BCUT2D eigenvalue weighted by Crippen LogP contribution is 2.27. The van der Waals surface area contributed by atoms with Crippen LogP contribution in [0.5, 0.6) is 0 Å². The first kappa shape index (κ1) is 8.64. The number of fused-ring (bicyclic) bond motifs is 1. The van der Waals surface area contributed by atoms with Gasteiger partial charge < -0.3 is 0 Å². The number of amides is 1. The summed E-state index contributed by atoms with van der Waals surface area (Å²) in [6, 6.07) is 0. The fourth-order valence-corrected chi connectivity index (χ4v) is 2.15. The molecule has 0 aromatic heterocycles. The molecule has 1 amide bonds. The zero-order valence-electron chi connectivity index (χ0n) is 8.18. The summed E-state index contributed by atoms with van der Waals surface area (Å²) >= 11 is 0. The van der Waals surface area contributed by atoms with Crippen LogP contribution in [-0.2, 0) is 4.79 Å². The minimum atomic E-state index is -0.292. The molecule has 0 aromatic carbocycles. The molecule has 0 spiro atoms. The molecule has 5 heteroatoms. The molecule has 1 saturated carbocycles. The summed E-state index contributed by atoms with van der Waals surface area (Å²) in [5.74, 6) is 1.15. The molecule has 1 fully saturated rings. The van der Waals surface area contributed by atoms with Gasteiger partial charge in [0.25, 0.3) is 0 Å². The maximum atomic E-state index is 11.6. The van der Waals surface area contributed by atoms with E-state index in [4.69, 9.17) is 0 Å². The predicted molar refractivity (Wildman–Crippen MR) is 57.8 cm³/mol. The van der Waals surface area contributed by atoms with Gasteiger partial charge in [-0.1, -0.05) is 12.8 Å². The molecule has 0 radical (unpaired) electrons. The Balaban J connectivity index is 1.94. The summed E-state index contributed by atoms with van der Waals surface area (Å²) in [5.41, 5.74) is 0.289. The van der Waals surface area contributed by atoms with E-state index in [2.05, 4.69) is 20.0 Å². The molecule has 76 valence electrons. The van der Waals surface area contributed by atoms with Crippen molar-refractivity contribution < 1.29 is 4.79 Å². The van der Waals surface area contributed by atoms with Crippen LogP contribution in [0.15, 0.2) is 20.0 Å². The normalized spacial score (nSPS) is 25.1. The molecule has 0 bridgehead atoms. The SMILES string of the molecule is O=C1N=C(C2CCCC2)N=C2N=CN=C12. The zero-order valence-corrected chi connectivity index (χ0v) is 8.18. The highest BCUT2D eigenvalue weighted by atomic mass is 16.1. The van der Waals surface area contributed by atoms with Crippen molar-refractivity contribution in [2.75, 3.05) is 0 Å². The third-order valence-corrected chi connectivity index (χ3v) is 2.94. The lowest BCUT2D eigenvalue weighted by molar-refractivity contribution is -0.111. The molecule has 3 aliphatic rings. The van der Waals surface area contributed by atoms with Crippen molar-refractivity contribution in [2.24, 2.45) is 25.9 Å². The highest BCUT2D eigenvalue weighted by molar-refractivity contribution is 6.71. The van der Waals surface area contributed by atoms with Crippen LogP contribution in [-0.4, -0.2) is 29.6 Å². The van der Waals surface area contributed by atoms with Crippen LogP contribution in [0.2, 0.25) is 0 Å². The first-order valence-electron chi connectivity index (χ1n) is 5.17. The van der Waals surface area contributed by atoms with Gasteiger partial charge in [0, 0.05) is 5.92 Å². The summed E-state index contributed by atoms with van der Waals surface area (Å²) in [7, 11) is 0. The lowest BCUT2D eigenvalue weighted by Gasteiger charge is -2.12. The summed E-state index contributed by atoms with van der Waals surface area (Å²) in [5, 5.41) is 0. The van der Waals surface area contributed by atoms with E-state index in [1.807, 2.05) is 0 Å². The van der Waals surface area contributed by atoms with Crippen molar-refractivity contribution in [3.05, 3.63) is 0 Å². The first-order chi connectivity index (χ1) is 7.34. The molecule has 0 atom stereocenters. The Kier molecular flexibility index (Phi) is 1.83. The summed E-state index contributed by atoms with van der Waals surface area (Å²) in [4.78, 5) is 27.6. The summed E-state index contributed by atoms with van der Waals surface area (Å²) in [6.45, 7) is 0. The van der Waals surface area contributed by atoms with Crippen LogP contribution in [0.3, 0.4) is 0 Å². The number of hydrogen-bond acceptors (Lipinski definition) is 4. The van der Waals surface area contributed by atoms with Crippen molar-refractivity contribution in [1.82, 2.24) is 0 Å². The molecule has 2 heterocycles. The molecule has 0 saturated heterocycles. The van der Waals surface area contributed by atoms with Crippen molar-refractivity contribution in [2.45, 2.75) is 25.7 Å². The Labute approximate surface area is 86.7 Å². The molecule has 1 aliphatic carbocycles. The second-order valence-electron chi connectivity index (χ2n) is 3.91. The lowest BCUT2D eigenvalue weighted by atomic mass is 10.1. The fourth-order valence-electron chi connectivity index (χ4n) is 2.15. The highest BCUT2D eigenvalue weighted by Gasteiger charge is 2.30. The van der Waals surface area contributed by atoms with E-state index in [-0.39, 0.29) is 11.6 Å². The standard InChI is InChI=1S/C10H10N4O/c15-10-7-9(12-5-11-7)13-8(14-10)6-3-1-2-4-6/h5-6H,1-4H2. The second-order valence-corrected chi connectivity index (χ2v) is 3.91. The number of amidine groups is 2. The van der Waals surface area contributed by atoms with Gasteiger partial charge in [-0.05, 0) is 12.8 Å². The quantitative estimate of drug-likeness (QED) is 0.625. The zero-order chi connectivity index (χ0) is 10.3. The predicted octanol–water partition coefficient (Wildman–Crippen LogP) is 0.997. The minimum Gasteiger partial charge on any atom is -0.265 e. The third-order valence-electron chi connectivity index (χ3n) is 2.94. The van der Waals surface area contributed by atoms with E-state index in [1.165, 1.54) is 19.2 Å². The van der Waals surface area contributed by atoms with Crippen LogP contribution in [0.1, 0.15) is 25.7 Å². The van der Waals surface area contributed by atoms with E-state index < -0.39 is 0 Å². The van der Waals surface area contributed by atoms with Gasteiger partial charge in [0.1, 0.15) is 12.2 Å². The Morgan fingerprint density at radius 1 is 1.20 bits per heavy atom. The summed E-state index contributed by atoms with van der Waals surface area (Å²) < 4.78 is 0. The molecule has 15 heavy (non-hydrogen) atoms. The van der Waals surface area contributed by atoms with Gasteiger partial charge in [-0.3, -0.25) is 4.79 Å². The molecule has 2 aliphatic heterocycles. The first-order valence-corrected chi connectivity index (χ1v) is 5.17. The van der Waals surface area contributed by atoms with E-state index in [0.29, 0.717) is 17.6 Å².